The molecule has 0 fully saturated rings. The van der Waals surface area contributed by atoms with Crippen LogP contribution in [0.5, 0.6) is 0 Å². The van der Waals surface area contributed by atoms with Crippen molar-refractivity contribution in [2.24, 2.45) is 0 Å². The Hall–Kier alpha value is -1.95. The Morgan fingerprint density at radius 2 is 2.29 bits per heavy atom. The average molecular weight is 252 g/mol. The van der Waals surface area contributed by atoms with Gasteiger partial charge in [0.15, 0.2) is 5.69 Å². The van der Waals surface area contributed by atoms with Crippen LogP contribution < -0.4 is 5.32 Å². The van der Waals surface area contributed by atoms with Crippen LogP contribution in [0.3, 0.4) is 0 Å². The van der Waals surface area contributed by atoms with Gasteiger partial charge in [-0.3, -0.25) is 0 Å². The molecule has 2 aromatic rings. The summed E-state index contributed by atoms with van der Waals surface area (Å²) in [5.74, 6) is -1.48. The van der Waals surface area contributed by atoms with Crippen molar-refractivity contribution in [1.82, 2.24) is 4.98 Å². The lowest BCUT2D eigenvalue weighted by atomic mass is 10.3. The maximum absolute atomic E-state index is 13.0. The molecule has 0 aliphatic carbocycles. The van der Waals surface area contributed by atoms with Crippen LogP contribution in [0.1, 0.15) is 15.5 Å². The minimum Gasteiger partial charge on any atom is -0.476 e. The van der Waals surface area contributed by atoms with Crippen LogP contribution in [0, 0.1) is 12.7 Å². The number of rotatable bonds is 3. The van der Waals surface area contributed by atoms with Crippen molar-refractivity contribution in [3.05, 3.63) is 40.8 Å². The van der Waals surface area contributed by atoms with E-state index in [2.05, 4.69) is 10.3 Å². The number of aromatic carboxylic acids is 1. The summed E-state index contributed by atoms with van der Waals surface area (Å²) in [6.07, 6.45) is 0. The van der Waals surface area contributed by atoms with Gasteiger partial charge in [-0.2, -0.15) is 0 Å². The molecule has 0 unspecified atom stereocenters. The zero-order valence-electron chi connectivity index (χ0n) is 8.90. The van der Waals surface area contributed by atoms with E-state index in [0.29, 0.717) is 15.7 Å². The Labute approximate surface area is 101 Å². The Morgan fingerprint density at radius 1 is 1.53 bits per heavy atom. The SMILES string of the molecule is Cc1nc(C(=O)O)c(Nc2cccc(F)c2)s1. The van der Waals surface area contributed by atoms with Gasteiger partial charge in [0.05, 0.1) is 5.01 Å². The summed E-state index contributed by atoms with van der Waals surface area (Å²) in [4.78, 5) is 14.8. The zero-order valence-corrected chi connectivity index (χ0v) is 9.71. The fourth-order valence-corrected chi connectivity index (χ4v) is 2.18. The van der Waals surface area contributed by atoms with E-state index in [-0.39, 0.29) is 11.5 Å². The molecule has 0 aliphatic rings. The molecule has 1 aromatic carbocycles. The molecule has 0 radical (unpaired) electrons. The lowest BCUT2D eigenvalue weighted by molar-refractivity contribution is 0.0692. The van der Waals surface area contributed by atoms with Gasteiger partial charge in [0, 0.05) is 5.69 Å². The minimum absolute atomic E-state index is 0.0447. The maximum Gasteiger partial charge on any atom is 0.357 e. The molecule has 88 valence electrons. The Kier molecular flexibility index (Phi) is 3.06. The average Bonchev–Trinajstić information content (AvgIpc) is 2.59. The van der Waals surface area contributed by atoms with E-state index in [9.17, 15) is 9.18 Å². The second-order valence-corrected chi connectivity index (χ2v) is 4.55. The van der Waals surface area contributed by atoms with E-state index in [1.165, 1.54) is 23.5 Å². The summed E-state index contributed by atoms with van der Waals surface area (Å²) in [6, 6.07) is 5.82. The predicted molar refractivity (Wildman–Crippen MR) is 63.5 cm³/mol. The smallest absolute Gasteiger partial charge is 0.357 e. The maximum atomic E-state index is 13.0. The van der Waals surface area contributed by atoms with Crippen molar-refractivity contribution < 1.29 is 14.3 Å². The highest BCUT2D eigenvalue weighted by molar-refractivity contribution is 7.16. The molecule has 2 rings (SSSR count). The molecule has 0 amide bonds. The van der Waals surface area contributed by atoms with E-state index < -0.39 is 5.97 Å². The second kappa shape index (κ2) is 4.50. The Bertz CT molecular complexity index is 568. The molecular formula is C11H9FN2O2S. The quantitative estimate of drug-likeness (QED) is 0.881. The number of benzene rings is 1. The normalized spacial score (nSPS) is 10.2. The molecular weight excluding hydrogens is 243 g/mol. The number of carboxylic acid groups (broad SMARTS) is 1. The van der Waals surface area contributed by atoms with Gasteiger partial charge < -0.3 is 10.4 Å². The fraction of sp³-hybridized carbons (Fsp3) is 0.0909. The first kappa shape index (κ1) is 11.5. The summed E-state index contributed by atoms with van der Waals surface area (Å²) in [6.45, 7) is 1.72. The van der Waals surface area contributed by atoms with Gasteiger partial charge in [-0.15, -0.1) is 11.3 Å². The van der Waals surface area contributed by atoms with Crippen LogP contribution in [-0.4, -0.2) is 16.1 Å². The molecule has 0 aliphatic heterocycles. The lowest BCUT2D eigenvalue weighted by Gasteiger charge is -2.03. The van der Waals surface area contributed by atoms with Gasteiger partial charge in [0.1, 0.15) is 10.8 Å². The third kappa shape index (κ3) is 2.59. The van der Waals surface area contributed by atoms with Crippen molar-refractivity contribution in [3.8, 4) is 0 Å². The molecule has 0 bridgehead atoms. The molecule has 0 spiro atoms. The number of aryl methyl sites for hydroxylation is 1. The molecule has 4 nitrogen and oxygen atoms in total. The van der Waals surface area contributed by atoms with E-state index in [4.69, 9.17) is 5.11 Å². The molecule has 1 heterocycles. The molecule has 1 aromatic heterocycles. The summed E-state index contributed by atoms with van der Waals surface area (Å²) in [5, 5.41) is 12.8. The first-order chi connectivity index (χ1) is 8.06. The van der Waals surface area contributed by atoms with Gasteiger partial charge in [-0.1, -0.05) is 6.07 Å². The van der Waals surface area contributed by atoms with Crippen molar-refractivity contribution in [3.63, 3.8) is 0 Å². The summed E-state index contributed by atoms with van der Waals surface area (Å²) in [7, 11) is 0. The molecule has 6 heteroatoms. The summed E-state index contributed by atoms with van der Waals surface area (Å²) >= 11 is 1.22. The number of nitrogens with one attached hydrogen (secondary N) is 1. The summed E-state index contributed by atoms with van der Waals surface area (Å²) in [5.41, 5.74) is 0.452. The number of carboxylic acids is 1. The highest BCUT2D eigenvalue weighted by Crippen LogP contribution is 2.27. The van der Waals surface area contributed by atoms with Crippen molar-refractivity contribution in [2.45, 2.75) is 6.92 Å². The van der Waals surface area contributed by atoms with Crippen LogP contribution in [0.25, 0.3) is 0 Å². The van der Waals surface area contributed by atoms with Crippen LogP contribution in [-0.2, 0) is 0 Å². The number of halogens is 1. The largest absolute Gasteiger partial charge is 0.476 e. The highest BCUT2D eigenvalue weighted by atomic mass is 32.1. The standard InChI is InChI=1S/C11H9FN2O2S/c1-6-13-9(11(15)16)10(17-6)14-8-4-2-3-7(12)5-8/h2-5,14H,1H3,(H,15,16). The van der Waals surface area contributed by atoms with Gasteiger partial charge in [0.2, 0.25) is 0 Å². The van der Waals surface area contributed by atoms with Crippen LogP contribution in [0.2, 0.25) is 0 Å². The van der Waals surface area contributed by atoms with Gasteiger partial charge in [-0.25, -0.2) is 14.2 Å². The number of hydrogen-bond acceptors (Lipinski definition) is 4. The second-order valence-electron chi connectivity index (χ2n) is 3.35. The molecule has 0 atom stereocenters. The van der Waals surface area contributed by atoms with E-state index in [0.717, 1.165) is 0 Å². The lowest BCUT2D eigenvalue weighted by Crippen LogP contribution is -2.01. The Morgan fingerprint density at radius 3 is 2.94 bits per heavy atom. The van der Waals surface area contributed by atoms with E-state index in [1.807, 2.05) is 0 Å². The first-order valence-electron chi connectivity index (χ1n) is 4.79. The number of anilines is 2. The van der Waals surface area contributed by atoms with Gasteiger partial charge >= 0.3 is 5.97 Å². The van der Waals surface area contributed by atoms with Crippen LogP contribution in [0.15, 0.2) is 24.3 Å². The third-order valence-electron chi connectivity index (χ3n) is 2.02. The fourth-order valence-electron chi connectivity index (χ4n) is 1.35. The third-order valence-corrected chi connectivity index (χ3v) is 2.91. The van der Waals surface area contributed by atoms with Gasteiger partial charge in [-0.05, 0) is 25.1 Å². The number of hydrogen-bond donors (Lipinski definition) is 2. The topological polar surface area (TPSA) is 62.2 Å². The number of carbonyl (C=O) groups is 1. The molecule has 17 heavy (non-hydrogen) atoms. The number of aromatic nitrogens is 1. The summed E-state index contributed by atoms with van der Waals surface area (Å²) < 4.78 is 13.0. The first-order valence-corrected chi connectivity index (χ1v) is 5.61. The molecule has 0 saturated carbocycles. The number of nitrogens with zero attached hydrogens (tertiary/aromatic N) is 1. The van der Waals surface area contributed by atoms with Crippen LogP contribution in [0.4, 0.5) is 15.1 Å². The molecule has 2 N–H and O–H groups in total. The van der Waals surface area contributed by atoms with Crippen molar-refractivity contribution >= 4 is 28.0 Å². The minimum atomic E-state index is -1.10. The Balaban J connectivity index is 2.32. The van der Waals surface area contributed by atoms with E-state index in [1.54, 1.807) is 19.1 Å². The van der Waals surface area contributed by atoms with Gasteiger partial charge in [0.25, 0.3) is 0 Å². The monoisotopic (exact) mass is 252 g/mol. The zero-order chi connectivity index (χ0) is 12.4. The molecule has 0 saturated heterocycles. The van der Waals surface area contributed by atoms with Crippen LogP contribution >= 0.6 is 11.3 Å². The predicted octanol–water partition coefficient (Wildman–Crippen LogP) is 3.03. The number of thiazole rings is 1. The van der Waals surface area contributed by atoms with Crippen molar-refractivity contribution in [1.29, 1.82) is 0 Å². The highest BCUT2D eigenvalue weighted by Gasteiger charge is 2.15. The van der Waals surface area contributed by atoms with Crippen molar-refractivity contribution in [2.75, 3.05) is 5.32 Å². The van der Waals surface area contributed by atoms with E-state index >= 15 is 0 Å².